The van der Waals surface area contributed by atoms with Crippen molar-refractivity contribution in [1.29, 1.82) is 0 Å². The molecule has 1 aliphatic heterocycles. The van der Waals surface area contributed by atoms with Gasteiger partial charge in [-0.25, -0.2) is 0 Å². The van der Waals surface area contributed by atoms with Gasteiger partial charge in [0, 0.05) is 0 Å². The third-order valence-electron chi connectivity index (χ3n) is 5.19. The second kappa shape index (κ2) is 7.96. The third-order valence-corrected chi connectivity index (χ3v) is 5.19. The van der Waals surface area contributed by atoms with Gasteiger partial charge in [0.25, 0.3) is 0 Å². The SMILES string of the molecule is CC(=O)C(c1ccc(OC2CCCCC2)cc1)N1CCCCC1. The van der Waals surface area contributed by atoms with Gasteiger partial charge in [-0.2, -0.15) is 0 Å². The first-order valence-corrected chi connectivity index (χ1v) is 9.25. The molecule has 126 valence electrons. The van der Waals surface area contributed by atoms with Crippen molar-refractivity contribution in [2.45, 2.75) is 70.4 Å². The van der Waals surface area contributed by atoms with E-state index in [1.807, 2.05) is 12.1 Å². The average molecular weight is 315 g/mol. The lowest BCUT2D eigenvalue weighted by atomic mass is 9.97. The van der Waals surface area contributed by atoms with Crippen LogP contribution in [0, 0.1) is 0 Å². The lowest BCUT2D eigenvalue weighted by Gasteiger charge is -2.33. The Kier molecular flexibility index (Phi) is 5.71. The molecule has 2 fully saturated rings. The van der Waals surface area contributed by atoms with Crippen LogP contribution in [0.15, 0.2) is 24.3 Å². The van der Waals surface area contributed by atoms with Crippen molar-refractivity contribution in [3.05, 3.63) is 29.8 Å². The number of rotatable bonds is 5. The smallest absolute Gasteiger partial charge is 0.151 e. The minimum absolute atomic E-state index is 0.0842. The lowest BCUT2D eigenvalue weighted by Crippen LogP contribution is -2.37. The summed E-state index contributed by atoms with van der Waals surface area (Å²) in [7, 11) is 0. The number of Topliss-reactive ketones (excluding diaryl/α,β-unsaturated/α-hetero) is 1. The molecule has 3 nitrogen and oxygen atoms in total. The van der Waals surface area contributed by atoms with Crippen LogP contribution in [-0.2, 0) is 4.79 Å². The van der Waals surface area contributed by atoms with Gasteiger partial charge < -0.3 is 4.74 Å². The quantitative estimate of drug-likeness (QED) is 0.800. The van der Waals surface area contributed by atoms with Gasteiger partial charge in [0.2, 0.25) is 0 Å². The van der Waals surface area contributed by atoms with Crippen molar-refractivity contribution in [3.63, 3.8) is 0 Å². The van der Waals surface area contributed by atoms with E-state index in [9.17, 15) is 4.79 Å². The molecule has 1 saturated heterocycles. The first-order valence-electron chi connectivity index (χ1n) is 9.25. The van der Waals surface area contributed by atoms with E-state index in [0.29, 0.717) is 6.10 Å². The van der Waals surface area contributed by atoms with Gasteiger partial charge in [-0.1, -0.05) is 25.0 Å². The van der Waals surface area contributed by atoms with Crippen LogP contribution in [0.25, 0.3) is 0 Å². The summed E-state index contributed by atoms with van der Waals surface area (Å²) in [5.74, 6) is 1.19. The topological polar surface area (TPSA) is 29.5 Å². The first kappa shape index (κ1) is 16.5. The predicted octanol–water partition coefficient (Wildman–Crippen LogP) is 4.51. The minimum atomic E-state index is -0.0842. The van der Waals surface area contributed by atoms with Crippen molar-refractivity contribution in [2.24, 2.45) is 0 Å². The van der Waals surface area contributed by atoms with E-state index >= 15 is 0 Å². The summed E-state index contributed by atoms with van der Waals surface area (Å²) in [5, 5.41) is 0. The normalized spacial score (nSPS) is 21.8. The van der Waals surface area contributed by atoms with Gasteiger partial charge in [0.05, 0.1) is 12.1 Å². The largest absolute Gasteiger partial charge is 0.490 e. The van der Waals surface area contributed by atoms with Crippen LogP contribution >= 0.6 is 0 Å². The number of hydrogen-bond acceptors (Lipinski definition) is 3. The summed E-state index contributed by atoms with van der Waals surface area (Å²) in [6.07, 6.45) is 10.3. The molecule has 1 aromatic carbocycles. The van der Waals surface area contributed by atoms with E-state index in [0.717, 1.165) is 24.4 Å². The zero-order valence-corrected chi connectivity index (χ0v) is 14.3. The second-order valence-electron chi connectivity index (χ2n) is 7.06. The molecule has 0 N–H and O–H groups in total. The maximum absolute atomic E-state index is 12.2. The van der Waals surface area contributed by atoms with Gasteiger partial charge in [0.1, 0.15) is 5.75 Å². The molecule has 0 aromatic heterocycles. The number of nitrogens with zero attached hydrogens (tertiary/aromatic N) is 1. The molecule has 1 saturated carbocycles. The standard InChI is InChI=1S/C20H29NO2/c1-16(22)20(21-14-6-3-7-15-21)17-10-12-19(13-11-17)23-18-8-4-2-5-9-18/h10-13,18,20H,2-9,14-15H2,1H3. The Morgan fingerprint density at radius 1 is 1.00 bits per heavy atom. The summed E-state index contributed by atoms with van der Waals surface area (Å²) >= 11 is 0. The Labute approximate surface area is 140 Å². The number of likely N-dealkylation sites (tertiary alicyclic amines) is 1. The van der Waals surface area contributed by atoms with Gasteiger partial charge in [0.15, 0.2) is 5.78 Å². The Morgan fingerprint density at radius 2 is 1.61 bits per heavy atom. The summed E-state index contributed by atoms with van der Waals surface area (Å²) in [6.45, 7) is 3.78. The number of benzene rings is 1. The zero-order chi connectivity index (χ0) is 16.1. The fraction of sp³-hybridized carbons (Fsp3) is 0.650. The molecule has 1 aliphatic carbocycles. The van der Waals surface area contributed by atoms with Crippen LogP contribution < -0.4 is 4.74 Å². The fourth-order valence-electron chi connectivity index (χ4n) is 3.98. The third kappa shape index (κ3) is 4.35. The van der Waals surface area contributed by atoms with Crippen molar-refractivity contribution in [2.75, 3.05) is 13.1 Å². The predicted molar refractivity (Wildman–Crippen MR) is 92.8 cm³/mol. The molecular weight excluding hydrogens is 286 g/mol. The number of hydrogen-bond donors (Lipinski definition) is 0. The molecule has 1 aromatic rings. The maximum Gasteiger partial charge on any atom is 0.151 e. The molecule has 3 rings (SSSR count). The first-order chi connectivity index (χ1) is 11.2. The summed E-state index contributed by atoms with van der Waals surface area (Å²) in [6, 6.07) is 8.17. The van der Waals surface area contributed by atoms with Gasteiger partial charge >= 0.3 is 0 Å². The molecule has 0 amide bonds. The average Bonchev–Trinajstić information content (AvgIpc) is 2.58. The summed E-state index contributed by atoms with van der Waals surface area (Å²) in [4.78, 5) is 14.5. The maximum atomic E-state index is 12.2. The molecule has 23 heavy (non-hydrogen) atoms. The van der Waals surface area contributed by atoms with Crippen molar-refractivity contribution in [1.82, 2.24) is 4.90 Å². The van der Waals surface area contributed by atoms with Crippen LogP contribution in [0.1, 0.15) is 69.9 Å². The van der Waals surface area contributed by atoms with E-state index in [-0.39, 0.29) is 11.8 Å². The Morgan fingerprint density at radius 3 is 2.22 bits per heavy atom. The molecule has 0 radical (unpaired) electrons. The Balaban J connectivity index is 1.67. The minimum Gasteiger partial charge on any atom is -0.490 e. The van der Waals surface area contributed by atoms with Gasteiger partial charge in [-0.05, 0) is 76.2 Å². The van der Waals surface area contributed by atoms with Gasteiger partial charge in [-0.15, -0.1) is 0 Å². The van der Waals surface area contributed by atoms with E-state index in [1.54, 1.807) is 6.92 Å². The van der Waals surface area contributed by atoms with E-state index in [4.69, 9.17) is 4.74 Å². The highest BCUT2D eigenvalue weighted by Gasteiger charge is 2.26. The summed E-state index contributed by atoms with van der Waals surface area (Å²) in [5.41, 5.74) is 1.11. The monoisotopic (exact) mass is 315 g/mol. The molecular formula is C20H29NO2. The molecule has 2 aliphatic rings. The summed E-state index contributed by atoms with van der Waals surface area (Å²) < 4.78 is 6.10. The molecule has 0 bridgehead atoms. The number of ether oxygens (including phenoxy) is 1. The molecule has 0 spiro atoms. The molecule has 1 atom stereocenters. The molecule has 3 heteroatoms. The zero-order valence-electron chi connectivity index (χ0n) is 14.3. The van der Waals surface area contributed by atoms with Crippen LogP contribution in [0.2, 0.25) is 0 Å². The number of carbonyl (C=O) groups is 1. The van der Waals surface area contributed by atoms with Crippen LogP contribution in [0.5, 0.6) is 5.75 Å². The van der Waals surface area contributed by atoms with Gasteiger partial charge in [-0.3, -0.25) is 9.69 Å². The van der Waals surface area contributed by atoms with Crippen molar-refractivity contribution in [3.8, 4) is 5.75 Å². The fourth-order valence-corrected chi connectivity index (χ4v) is 3.98. The van der Waals surface area contributed by atoms with Crippen LogP contribution in [-0.4, -0.2) is 29.9 Å². The Hall–Kier alpha value is -1.35. The van der Waals surface area contributed by atoms with Crippen molar-refractivity contribution >= 4 is 5.78 Å². The second-order valence-corrected chi connectivity index (χ2v) is 7.06. The van der Waals surface area contributed by atoms with E-state index < -0.39 is 0 Å². The molecule has 1 heterocycles. The molecule has 1 unspecified atom stereocenters. The number of carbonyl (C=O) groups excluding carboxylic acids is 1. The number of ketones is 1. The lowest BCUT2D eigenvalue weighted by molar-refractivity contribution is -0.122. The van der Waals surface area contributed by atoms with Crippen molar-refractivity contribution < 1.29 is 9.53 Å². The van der Waals surface area contributed by atoms with Crippen LogP contribution in [0.4, 0.5) is 0 Å². The highest BCUT2D eigenvalue weighted by atomic mass is 16.5. The highest BCUT2D eigenvalue weighted by molar-refractivity contribution is 5.83. The van der Waals surface area contributed by atoms with Crippen LogP contribution in [0.3, 0.4) is 0 Å². The number of piperidine rings is 1. The van der Waals surface area contributed by atoms with E-state index in [1.165, 1.54) is 51.4 Å². The highest BCUT2D eigenvalue weighted by Crippen LogP contribution is 2.28. The Bertz CT molecular complexity index is 499. The van der Waals surface area contributed by atoms with E-state index in [2.05, 4.69) is 17.0 Å².